The van der Waals surface area contributed by atoms with Crippen LogP contribution in [0.3, 0.4) is 0 Å². The SMILES string of the molecule is O=C1C=C(P(=O)(O)O)C(=O)c2ccccc21. The summed E-state index contributed by atoms with van der Waals surface area (Å²) in [5.41, 5.74) is 0.207. The first-order valence-electron chi connectivity index (χ1n) is 4.37. The highest BCUT2D eigenvalue weighted by atomic mass is 31.2. The molecule has 6 heteroatoms. The third-order valence-electron chi connectivity index (χ3n) is 2.25. The van der Waals surface area contributed by atoms with Gasteiger partial charge >= 0.3 is 7.60 Å². The van der Waals surface area contributed by atoms with E-state index in [4.69, 9.17) is 9.79 Å². The van der Waals surface area contributed by atoms with Crippen molar-refractivity contribution in [3.05, 3.63) is 46.8 Å². The maximum Gasteiger partial charge on any atom is 0.360 e. The van der Waals surface area contributed by atoms with Gasteiger partial charge in [0.1, 0.15) is 5.31 Å². The molecule has 0 amide bonds. The van der Waals surface area contributed by atoms with Crippen molar-refractivity contribution < 1.29 is 23.9 Å². The maximum atomic E-state index is 11.7. The predicted molar refractivity (Wildman–Crippen MR) is 55.2 cm³/mol. The molecule has 2 rings (SSSR count). The zero-order valence-corrected chi connectivity index (χ0v) is 8.85. The van der Waals surface area contributed by atoms with Crippen LogP contribution in [0.25, 0.3) is 0 Å². The van der Waals surface area contributed by atoms with E-state index in [-0.39, 0.29) is 11.1 Å². The van der Waals surface area contributed by atoms with Crippen molar-refractivity contribution in [1.29, 1.82) is 0 Å². The molecular formula is C10H7O5P. The van der Waals surface area contributed by atoms with Gasteiger partial charge in [0.05, 0.1) is 0 Å². The topological polar surface area (TPSA) is 91.7 Å². The van der Waals surface area contributed by atoms with Crippen molar-refractivity contribution in [2.45, 2.75) is 0 Å². The largest absolute Gasteiger partial charge is 0.360 e. The van der Waals surface area contributed by atoms with E-state index in [0.29, 0.717) is 6.08 Å². The minimum Gasteiger partial charge on any atom is -0.321 e. The average Bonchev–Trinajstić information content (AvgIpc) is 2.22. The number of fused-ring (bicyclic) bond motifs is 1. The molecule has 1 aliphatic rings. The van der Waals surface area contributed by atoms with Gasteiger partial charge in [0, 0.05) is 17.2 Å². The molecule has 0 atom stereocenters. The Kier molecular flexibility index (Phi) is 2.39. The number of carbonyl (C=O) groups is 2. The van der Waals surface area contributed by atoms with Crippen LogP contribution in [-0.2, 0) is 4.57 Å². The zero-order valence-electron chi connectivity index (χ0n) is 7.95. The van der Waals surface area contributed by atoms with Crippen LogP contribution in [0.1, 0.15) is 20.7 Å². The van der Waals surface area contributed by atoms with Crippen LogP contribution >= 0.6 is 7.60 Å². The van der Waals surface area contributed by atoms with Gasteiger partial charge in [-0.1, -0.05) is 24.3 Å². The van der Waals surface area contributed by atoms with E-state index in [1.54, 1.807) is 6.07 Å². The molecule has 0 radical (unpaired) electrons. The fourth-order valence-corrected chi connectivity index (χ4v) is 2.19. The molecule has 0 aliphatic heterocycles. The lowest BCUT2D eigenvalue weighted by molar-refractivity contribution is 0.0987. The smallest absolute Gasteiger partial charge is 0.321 e. The van der Waals surface area contributed by atoms with Crippen molar-refractivity contribution in [3.8, 4) is 0 Å². The summed E-state index contributed by atoms with van der Waals surface area (Å²) < 4.78 is 11.0. The Morgan fingerprint density at radius 1 is 1.00 bits per heavy atom. The third kappa shape index (κ3) is 1.65. The molecule has 0 saturated heterocycles. The Bertz CT molecular complexity index is 566. The highest BCUT2D eigenvalue weighted by molar-refractivity contribution is 7.58. The number of ketones is 2. The first-order chi connectivity index (χ1) is 7.41. The van der Waals surface area contributed by atoms with Crippen LogP contribution in [-0.4, -0.2) is 21.4 Å². The average molecular weight is 238 g/mol. The summed E-state index contributed by atoms with van der Waals surface area (Å²) in [7, 11) is -4.70. The lowest BCUT2D eigenvalue weighted by Gasteiger charge is -2.15. The van der Waals surface area contributed by atoms with Crippen molar-refractivity contribution in [2.24, 2.45) is 0 Å². The molecule has 0 aromatic heterocycles. The van der Waals surface area contributed by atoms with Gasteiger partial charge in [-0.3, -0.25) is 14.2 Å². The molecule has 0 fully saturated rings. The normalized spacial score (nSPS) is 15.8. The Balaban J connectivity index is 2.65. The van der Waals surface area contributed by atoms with Crippen molar-refractivity contribution in [1.82, 2.24) is 0 Å². The van der Waals surface area contributed by atoms with E-state index >= 15 is 0 Å². The zero-order chi connectivity index (χ0) is 11.9. The molecule has 82 valence electrons. The fraction of sp³-hybridized carbons (Fsp3) is 0. The highest BCUT2D eigenvalue weighted by Crippen LogP contribution is 2.48. The summed E-state index contributed by atoms with van der Waals surface area (Å²) in [6, 6.07) is 5.94. The van der Waals surface area contributed by atoms with Gasteiger partial charge in [0.2, 0.25) is 5.78 Å². The molecule has 2 N–H and O–H groups in total. The first-order valence-corrected chi connectivity index (χ1v) is 5.98. The van der Waals surface area contributed by atoms with Gasteiger partial charge in [-0.15, -0.1) is 0 Å². The molecule has 0 spiro atoms. The summed E-state index contributed by atoms with van der Waals surface area (Å²) >= 11 is 0. The molecule has 0 heterocycles. The number of hydrogen-bond acceptors (Lipinski definition) is 3. The highest BCUT2D eigenvalue weighted by Gasteiger charge is 2.34. The number of carbonyl (C=O) groups excluding carboxylic acids is 2. The molecule has 0 saturated carbocycles. The molecule has 0 bridgehead atoms. The van der Waals surface area contributed by atoms with Gasteiger partial charge in [-0.05, 0) is 0 Å². The minimum absolute atomic E-state index is 0.0355. The minimum atomic E-state index is -4.70. The Labute approximate surface area is 90.6 Å². The predicted octanol–water partition coefficient (Wildman–Crippen LogP) is 1.13. The Hall–Kier alpha value is -1.55. The summed E-state index contributed by atoms with van der Waals surface area (Å²) in [5, 5.41) is -0.740. The Morgan fingerprint density at radius 2 is 1.56 bits per heavy atom. The van der Waals surface area contributed by atoms with E-state index in [9.17, 15) is 14.2 Å². The second-order valence-electron chi connectivity index (χ2n) is 3.31. The lowest BCUT2D eigenvalue weighted by atomic mass is 9.95. The fourth-order valence-electron chi connectivity index (χ4n) is 1.52. The van der Waals surface area contributed by atoms with Gasteiger partial charge in [0.25, 0.3) is 0 Å². The van der Waals surface area contributed by atoms with E-state index in [0.717, 1.165) is 0 Å². The van der Waals surface area contributed by atoms with E-state index in [1.807, 2.05) is 0 Å². The number of Topliss-reactive ketones (excluding diaryl/α,β-unsaturated/α-hetero) is 1. The van der Waals surface area contributed by atoms with Crippen LogP contribution in [0.2, 0.25) is 0 Å². The van der Waals surface area contributed by atoms with E-state index in [1.165, 1.54) is 18.2 Å². The van der Waals surface area contributed by atoms with Crippen LogP contribution in [0.5, 0.6) is 0 Å². The molecule has 5 nitrogen and oxygen atoms in total. The van der Waals surface area contributed by atoms with E-state index < -0.39 is 24.5 Å². The van der Waals surface area contributed by atoms with Crippen LogP contribution in [0, 0.1) is 0 Å². The second kappa shape index (κ2) is 3.49. The monoisotopic (exact) mass is 238 g/mol. The van der Waals surface area contributed by atoms with Crippen LogP contribution in [0.4, 0.5) is 0 Å². The molecule has 1 aromatic carbocycles. The number of benzene rings is 1. The van der Waals surface area contributed by atoms with Gasteiger partial charge < -0.3 is 9.79 Å². The summed E-state index contributed by atoms with van der Waals surface area (Å²) in [6.07, 6.45) is 0.714. The van der Waals surface area contributed by atoms with E-state index in [2.05, 4.69) is 0 Å². The number of hydrogen-bond donors (Lipinski definition) is 2. The first kappa shape index (κ1) is 11.0. The lowest BCUT2D eigenvalue weighted by Crippen LogP contribution is -2.16. The summed E-state index contributed by atoms with van der Waals surface area (Å²) in [5.74, 6) is -1.35. The van der Waals surface area contributed by atoms with Gasteiger partial charge in [-0.25, -0.2) is 0 Å². The number of allylic oxidation sites excluding steroid dienone is 2. The molecule has 1 aromatic rings. The van der Waals surface area contributed by atoms with Crippen molar-refractivity contribution >= 4 is 19.2 Å². The number of rotatable bonds is 1. The van der Waals surface area contributed by atoms with Crippen molar-refractivity contribution in [3.63, 3.8) is 0 Å². The molecule has 1 aliphatic carbocycles. The van der Waals surface area contributed by atoms with Crippen LogP contribution in [0.15, 0.2) is 35.7 Å². The summed E-state index contributed by atoms with van der Waals surface area (Å²) in [6.45, 7) is 0. The third-order valence-corrected chi connectivity index (χ3v) is 3.21. The quantitative estimate of drug-likeness (QED) is 0.715. The van der Waals surface area contributed by atoms with Gasteiger partial charge in [0.15, 0.2) is 5.78 Å². The molecular weight excluding hydrogens is 231 g/mol. The molecule has 0 unspecified atom stereocenters. The van der Waals surface area contributed by atoms with Gasteiger partial charge in [-0.2, -0.15) is 0 Å². The molecule has 16 heavy (non-hydrogen) atoms. The standard InChI is InChI=1S/C10H7O5P/c11-8-5-9(16(13,14)15)10(12)7-4-2-1-3-6(7)8/h1-5H,(H2,13,14,15). The van der Waals surface area contributed by atoms with Crippen LogP contribution < -0.4 is 0 Å². The Morgan fingerprint density at radius 3 is 2.12 bits per heavy atom. The second-order valence-corrected chi connectivity index (χ2v) is 4.88. The summed E-state index contributed by atoms with van der Waals surface area (Å²) in [4.78, 5) is 41.1. The maximum absolute atomic E-state index is 11.7. The van der Waals surface area contributed by atoms with Crippen molar-refractivity contribution in [2.75, 3.05) is 0 Å².